The fourth-order valence-electron chi connectivity index (χ4n) is 1.41. The third-order valence-electron chi connectivity index (χ3n) is 2.26. The molecule has 0 amide bonds. The molecule has 0 heterocycles. The van der Waals surface area contributed by atoms with Gasteiger partial charge < -0.3 is 14.9 Å². The van der Waals surface area contributed by atoms with Gasteiger partial charge in [0.2, 0.25) is 10.0 Å². The van der Waals surface area contributed by atoms with Crippen molar-refractivity contribution in [1.29, 1.82) is 0 Å². The minimum Gasteiger partial charge on any atom is -0.508 e. The van der Waals surface area contributed by atoms with Crippen molar-refractivity contribution < 1.29 is 28.2 Å². The van der Waals surface area contributed by atoms with Crippen molar-refractivity contribution >= 4 is 21.7 Å². The Morgan fingerprint density at radius 1 is 1.42 bits per heavy atom. The first kappa shape index (κ1) is 15.3. The number of carboxylic acids is 1. The van der Waals surface area contributed by atoms with Crippen LogP contribution in [-0.2, 0) is 14.8 Å². The van der Waals surface area contributed by atoms with Crippen LogP contribution in [0.25, 0.3) is 0 Å². The number of sulfonamides is 1. The topological polar surface area (TPSA) is 113 Å². The molecule has 0 unspecified atom stereocenters. The van der Waals surface area contributed by atoms with E-state index in [0.717, 1.165) is 6.07 Å². The van der Waals surface area contributed by atoms with E-state index < -0.39 is 16.0 Å². The van der Waals surface area contributed by atoms with Crippen LogP contribution >= 0.6 is 0 Å². The Balaban J connectivity index is 2.90. The molecule has 0 aromatic heterocycles. The molecular formula is C11H15NO6S. The zero-order valence-corrected chi connectivity index (χ0v) is 11.1. The van der Waals surface area contributed by atoms with E-state index in [9.17, 15) is 18.3 Å². The highest BCUT2D eigenvalue weighted by Gasteiger charge is 2.16. The summed E-state index contributed by atoms with van der Waals surface area (Å²) in [6, 6.07) is 3.39. The molecule has 3 N–H and O–H groups in total. The first-order chi connectivity index (χ1) is 8.85. The normalized spacial score (nSPS) is 11.2. The molecule has 8 heteroatoms. The van der Waals surface area contributed by atoms with Gasteiger partial charge in [-0.2, -0.15) is 0 Å². The largest absolute Gasteiger partial charge is 0.508 e. The molecule has 1 rings (SSSR count). The number of ether oxygens (including phenoxy) is 1. The number of aromatic hydroxyl groups is 1. The summed E-state index contributed by atoms with van der Waals surface area (Å²) in [5.41, 5.74) is -0.391. The minimum atomic E-state index is -3.65. The van der Waals surface area contributed by atoms with Gasteiger partial charge in [0.25, 0.3) is 0 Å². The number of carbonyl (C=O) groups is 1. The predicted molar refractivity (Wildman–Crippen MR) is 69.0 cm³/mol. The lowest BCUT2D eigenvalue weighted by molar-refractivity contribution is 0.0697. The molecule has 0 radical (unpaired) electrons. The van der Waals surface area contributed by atoms with Gasteiger partial charge in [-0.1, -0.05) is 0 Å². The minimum absolute atomic E-state index is 0.0808. The van der Waals surface area contributed by atoms with E-state index in [2.05, 4.69) is 4.72 Å². The SMILES string of the molecule is COCCCS(=O)(=O)Nc1ccc(O)cc1C(=O)O. The van der Waals surface area contributed by atoms with Gasteiger partial charge >= 0.3 is 5.97 Å². The summed E-state index contributed by atoms with van der Waals surface area (Å²) < 4.78 is 30.3. The van der Waals surface area contributed by atoms with Crippen LogP contribution in [0.1, 0.15) is 16.8 Å². The monoisotopic (exact) mass is 289 g/mol. The number of methoxy groups -OCH3 is 1. The maximum atomic E-state index is 11.7. The van der Waals surface area contributed by atoms with Crippen LogP contribution < -0.4 is 4.72 Å². The smallest absolute Gasteiger partial charge is 0.337 e. The maximum Gasteiger partial charge on any atom is 0.337 e. The molecule has 0 aliphatic heterocycles. The summed E-state index contributed by atoms with van der Waals surface area (Å²) in [4.78, 5) is 11.0. The van der Waals surface area contributed by atoms with E-state index in [1.807, 2.05) is 0 Å². The zero-order valence-electron chi connectivity index (χ0n) is 10.3. The zero-order chi connectivity index (χ0) is 14.5. The van der Waals surface area contributed by atoms with Crippen molar-refractivity contribution in [1.82, 2.24) is 0 Å². The van der Waals surface area contributed by atoms with Gasteiger partial charge in [0.1, 0.15) is 5.75 Å². The van der Waals surface area contributed by atoms with Crippen LogP contribution in [0.3, 0.4) is 0 Å². The van der Waals surface area contributed by atoms with Crippen LogP contribution in [0.5, 0.6) is 5.75 Å². The number of aromatic carboxylic acids is 1. The molecule has 7 nitrogen and oxygen atoms in total. The standard InChI is InChI=1S/C11H15NO6S/c1-18-5-2-6-19(16,17)12-10-4-3-8(13)7-9(10)11(14)15/h3-4,7,12-13H,2,5-6H2,1H3,(H,14,15). The number of phenolic OH excluding ortho intramolecular Hbond substituents is 1. The summed E-state index contributed by atoms with van der Waals surface area (Å²) in [5, 5.41) is 18.1. The van der Waals surface area contributed by atoms with Crippen molar-refractivity contribution in [2.24, 2.45) is 0 Å². The molecule has 0 aliphatic carbocycles. The molecule has 0 atom stereocenters. The number of hydrogen-bond donors (Lipinski definition) is 3. The second-order valence-electron chi connectivity index (χ2n) is 3.80. The van der Waals surface area contributed by atoms with Crippen molar-refractivity contribution in [3.63, 3.8) is 0 Å². The number of hydrogen-bond acceptors (Lipinski definition) is 5. The summed E-state index contributed by atoms with van der Waals surface area (Å²) in [7, 11) is -2.19. The Hall–Kier alpha value is -1.80. The van der Waals surface area contributed by atoms with Crippen molar-refractivity contribution in [2.75, 3.05) is 24.2 Å². The Bertz CT molecular complexity index is 554. The Kier molecular flexibility index (Phi) is 5.13. The van der Waals surface area contributed by atoms with E-state index in [1.165, 1.54) is 19.2 Å². The Morgan fingerprint density at radius 3 is 2.68 bits per heavy atom. The average molecular weight is 289 g/mol. The van der Waals surface area contributed by atoms with Gasteiger partial charge in [-0.3, -0.25) is 4.72 Å². The highest BCUT2D eigenvalue weighted by Crippen LogP contribution is 2.22. The van der Waals surface area contributed by atoms with Gasteiger partial charge in [-0.25, -0.2) is 13.2 Å². The van der Waals surface area contributed by atoms with E-state index in [-0.39, 0.29) is 22.8 Å². The van der Waals surface area contributed by atoms with Gasteiger partial charge in [0.05, 0.1) is 17.0 Å². The molecule has 0 saturated carbocycles. The summed E-state index contributed by atoms with van der Waals surface area (Å²) in [5.74, 6) is -1.76. The maximum absolute atomic E-state index is 11.7. The molecule has 19 heavy (non-hydrogen) atoms. The second-order valence-corrected chi connectivity index (χ2v) is 5.64. The van der Waals surface area contributed by atoms with E-state index in [0.29, 0.717) is 13.0 Å². The number of anilines is 1. The molecule has 0 bridgehead atoms. The molecule has 0 saturated heterocycles. The number of rotatable bonds is 7. The lowest BCUT2D eigenvalue weighted by Crippen LogP contribution is -2.19. The molecule has 106 valence electrons. The predicted octanol–water partition coefficient (Wildman–Crippen LogP) is 0.869. The first-order valence-electron chi connectivity index (χ1n) is 5.41. The summed E-state index contributed by atoms with van der Waals surface area (Å²) in [6.07, 6.45) is 0.298. The van der Waals surface area contributed by atoms with Gasteiger partial charge in [-0.15, -0.1) is 0 Å². The van der Waals surface area contributed by atoms with Crippen LogP contribution in [0.15, 0.2) is 18.2 Å². The number of benzene rings is 1. The quantitative estimate of drug-likeness (QED) is 0.507. The highest BCUT2D eigenvalue weighted by atomic mass is 32.2. The molecule has 0 fully saturated rings. The van der Waals surface area contributed by atoms with Crippen LogP contribution in [0.4, 0.5) is 5.69 Å². The second kappa shape index (κ2) is 6.39. The molecular weight excluding hydrogens is 274 g/mol. The van der Waals surface area contributed by atoms with Crippen LogP contribution in [-0.4, -0.2) is 44.1 Å². The Labute approximate surface area is 110 Å². The van der Waals surface area contributed by atoms with Crippen LogP contribution in [0.2, 0.25) is 0 Å². The average Bonchev–Trinajstić information content (AvgIpc) is 2.31. The summed E-state index contributed by atoms with van der Waals surface area (Å²) in [6.45, 7) is 0.294. The fraction of sp³-hybridized carbons (Fsp3) is 0.364. The molecule has 1 aromatic rings. The molecule has 1 aromatic carbocycles. The third-order valence-corrected chi connectivity index (χ3v) is 3.62. The van der Waals surface area contributed by atoms with E-state index >= 15 is 0 Å². The lowest BCUT2D eigenvalue weighted by Gasteiger charge is -2.10. The number of carboxylic acid groups (broad SMARTS) is 1. The first-order valence-corrected chi connectivity index (χ1v) is 7.06. The van der Waals surface area contributed by atoms with E-state index in [4.69, 9.17) is 9.84 Å². The highest BCUT2D eigenvalue weighted by molar-refractivity contribution is 7.92. The third kappa shape index (κ3) is 4.76. The van der Waals surface area contributed by atoms with Gasteiger partial charge in [0, 0.05) is 13.7 Å². The number of phenols is 1. The van der Waals surface area contributed by atoms with Crippen molar-refractivity contribution in [3.8, 4) is 5.75 Å². The number of nitrogens with one attached hydrogen (secondary N) is 1. The lowest BCUT2D eigenvalue weighted by atomic mass is 10.2. The fourth-order valence-corrected chi connectivity index (χ4v) is 2.52. The van der Waals surface area contributed by atoms with Crippen molar-refractivity contribution in [3.05, 3.63) is 23.8 Å². The van der Waals surface area contributed by atoms with Crippen LogP contribution in [0, 0.1) is 0 Å². The summed E-state index contributed by atoms with van der Waals surface area (Å²) >= 11 is 0. The van der Waals surface area contributed by atoms with Crippen molar-refractivity contribution in [2.45, 2.75) is 6.42 Å². The molecule has 0 spiro atoms. The van der Waals surface area contributed by atoms with Gasteiger partial charge in [-0.05, 0) is 24.6 Å². The molecule has 0 aliphatic rings. The van der Waals surface area contributed by atoms with Gasteiger partial charge in [0.15, 0.2) is 0 Å². The van der Waals surface area contributed by atoms with E-state index in [1.54, 1.807) is 0 Å². The Morgan fingerprint density at radius 2 is 2.11 bits per heavy atom.